The van der Waals surface area contributed by atoms with E-state index in [1.807, 2.05) is 42.6 Å². The number of aromatic nitrogens is 4. The number of nitrogens with zero attached hydrogens (tertiary/aromatic N) is 4. The molecule has 0 atom stereocenters. The van der Waals surface area contributed by atoms with E-state index in [2.05, 4.69) is 269 Å². The topological polar surface area (TPSA) is 35.9 Å². The van der Waals surface area contributed by atoms with Crippen molar-refractivity contribution >= 4 is 32.8 Å². The zero-order valence-corrected chi connectivity index (χ0v) is 44.3. The minimum absolute atomic E-state index is 0. The molecule has 0 amide bonds. The summed E-state index contributed by atoms with van der Waals surface area (Å²) in [5.74, 6) is 1.94. The summed E-state index contributed by atoms with van der Waals surface area (Å²) in [4.78, 5) is 4.73. The van der Waals surface area contributed by atoms with Gasteiger partial charge in [0.15, 0.2) is 0 Å². The molecule has 14 rings (SSSR count). The summed E-state index contributed by atoms with van der Waals surface area (Å²) in [5, 5.41) is 2.19. The second kappa shape index (κ2) is 20.8. The van der Waals surface area contributed by atoms with E-state index in [0.717, 1.165) is 117 Å². The van der Waals surface area contributed by atoms with Gasteiger partial charge in [-0.05, 0) is 132 Å². The molecule has 0 saturated carbocycles. The van der Waals surface area contributed by atoms with E-state index >= 15 is 0 Å². The van der Waals surface area contributed by atoms with E-state index in [4.69, 9.17) is 9.72 Å². The molecule has 3 aromatic heterocycles. The van der Waals surface area contributed by atoms with E-state index < -0.39 is 0 Å². The molecule has 11 aromatic carbocycles. The molecule has 0 spiro atoms. The number of benzene rings is 11. The van der Waals surface area contributed by atoms with Crippen LogP contribution >= 0.6 is 0 Å². The Kier molecular flexibility index (Phi) is 12.8. The Bertz CT molecular complexity index is 4200. The Labute approximate surface area is 467 Å². The van der Waals surface area contributed by atoms with Crippen molar-refractivity contribution in [3.63, 3.8) is 0 Å². The van der Waals surface area contributed by atoms with Crippen molar-refractivity contribution in [1.82, 2.24) is 14.1 Å². The number of hydrogen-bond acceptors (Lipinski definition) is 2. The van der Waals surface area contributed by atoms with Crippen LogP contribution in [0.25, 0.3) is 117 Å². The molecule has 0 aliphatic rings. The molecule has 0 N–H and O–H groups in total. The van der Waals surface area contributed by atoms with E-state index in [1.165, 1.54) is 0 Å². The number of hydrogen-bond donors (Lipinski definition) is 0. The van der Waals surface area contributed by atoms with Gasteiger partial charge in [0.1, 0.15) is 5.82 Å². The van der Waals surface area contributed by atoms with Crippen molar-refractivity contribution in [3.8, 4) is 95.5 Å². The number of fused-ring (bicyclic) bond motifs is 4. The van der Waals surface area contributed by atoms with Gasteiger partial charge in [0.25, 0.3) is 6.33 Å². The van der Waals surface area contributed by atoms with E-state index in [1.54, 1.807) is 0 Å². The van der Waals surface area contributed by atoms with Crippen molar-refractivity contribution in [2.45, 2.75) is 0 Å². The minimum atomic E-state index is 0. The van der Waals surface area contributed by atoms with Crippen molar-refractivity contribution in [2.24, 2.45) is 0 Å². The summed E-state index contributed by atoms with van der Waals surface area (Å²) in [6, 6.07) is 104. The molecule has 372 valence electrons. The predicted octanol–water partition coefficient (Wildman–Crippen LogP) is 17.6. The molecule has 0 aliphatic carbocycles. The van der Waals surface area contributed by atoms with Crippen LogP contribution in [0.2, 0.25) is 0 Å². The standard InChI is InChI=1S/C72H46N4O.Pt/c1-5-21-50(22-6-1)54-41-55(51-23-7-2-8-24-51)44-58(43-54)63-32-20-33-64(59-45-56(52-25-9-3-10-26-52)42-57(46-59)53-27-11-4-12-28-53)72(63)75-49-74(68-35-15-16-36-69(68)75)60-29-19-30-61(47-60)77-62-38-39-66-65-31-13-14-34-67(65)76(70(66)48-62)71-37-17-18-40-73-71;/h1-46H;/q-2;. The Morgan fingerprint density at radius 3 is 1.42 bits per heavy atom. The van der Waals surface area contributed by atoms with Crippen LogP contribution in [0.1, 0.15) is 0 Å². The van der Waals surface area contributed by atoms with Gasteiger partial charge in [-0.2, -0.15) is 18.2 Å². The fraction of sp³-hybridized carbons (Fsp3) is 0. The molecule has 0 unspecified atom stereocenters. The third-order valence-electron chi connectivity index (χ3n) is 14.4. The van der Waals surface area contributed by atoms with Crippen LogP contribution in [0.3, 0.4) is 0 Å². The normalized spacial score (nSPS) is 11.2. The maximum Gasteiger partial charge on any atom is 0.268 e. The first-order valence-electron chi connectivity index (χ1n) is 25.9. The Morgan fingerprint density at radius 2 is 0.859 bits per heavy atom. The van der Waals surface area contributed by atoms with E-state index in [0.29, 0.717) is 11.5 Å². The Hall–Kier alpha value is -9.67. The quantitative estimate of drug-likeness (QED) is 0.0956. The van der Waals surface area contributed by atoms with Crippen LogP contribution in [-0.4, -0.2) is 14.1 Å². The van der Waals surface area contributed by atoms with Gasteiger partial charge in [0.05, 0.1) is 16.7 Å². The number of rotatable bonds is 11. The molecule has 0 radical (unpaired) electrons. The number of imidazole rings is 1. The summed E-state index contributed by atoms with van der Waals surface area (Å²) < 4.78 is 13.2. The molecule has 0 saturated heterocycles. The van der Waals surface area contributed by atoms with Gasteiger partial charge in [-0.3, -0.25) is 4.57 Å². The minimum Gasteiger partial charge on any atom is -0.510 e. The smallest absolute Gasteiger partial charge is 0.268 e. The average Bonchev–Trinajstić information content (AvgIpc) is 4.17. The van der Waals surface area contributed by atoms with Gasteiger partial charge in [-0.15, -0.1) is 29.7 Å². The SMILES string of the molecule is [Pt].[c-]1c(Oc2[c-]c3c(cc2)c2ccccc2n3-c2ccccn2)cccc1-n1[c-][n+](-c2c(-c3cc(-c4ccccc4)cc(-c4ccccc4)c3)cccc2-c2cc(-c3ccccc3)cc(-c3ccccc3)c2)c2ccccc21. The van der Waals surface area contributed by atoms with Gasteiger partial charge in [0, 0.05) is 44.3 Å². The van der Waals surface area contributed by atoms with Crippen molar-refractivity contribution in [3.05, 3.63) is 298 Å². The van der Waals surface area contributed by atoms with Gasteiger partial charge in [-0.1, -0.05) is 194 Å². The van der Waals surface area contributed by atoms with Crippen LogP contribution in [0, 0.1) is 18.5 Å². The van der Waals surface area contributed by atoms with Crippen LogP contribution in [0.15, 0.2) is 279 Å². The number of pyridine rings is 1. The monoisotopic (exact) mass is 1180 g/mol. The van der Waals surface area contributed by atoms with Gasteiger partial charge in [-0.25, -0.2) is 4.98 Å². The Morgan fingerprint density at radius 1 is 0.372 bits per heavy atom. The molecular weight excluding hydrogens is 1130 g/mol. The zero-order chi connectivity index (χ0) is 51.1. The van der Waals surface area contributed by atoms with Gasteiger partial charge in [0.2, 0.25) is 0 Å². The predicted molar refractivity (Wildman–Crippen MR) is 313 cm³/mol. The summed E-state index contributed by atoms with van der Waals surface area (Å²) in [6.45, 7) is 0. The fourth-order valence-electron chi connectivity index (χ4n) is 10.8. The van der Waals surface area contributed by atoms with Crippen molar-refractivity contribution in [1.29, 1.82) is 0 Å². The fourth-order valence-corrected chi connectivity index (χ4v) is 10.8. The zero-order valence-electron chi connectivity index (χ0n) is 42.1. The van der Waals surface area contributed by atoms with Gasteiger partial charge >= 0.3 is 0 Å². The first-order valence-corrected chi connectivity index (χ1v) is 25.9. The maximum atomic E-state index is 6.70. The molecule has 0 bridgehead atoms. The summed E-state index contributed by atoms with van der Waals surface area (Å²) in [7, 11) is 0. The molecule has 78 heavy (non-hydrogen) atoms. The molecular formula is C72H46N4OPt-2. The van der Waals surface area contributed by atoms with Crippen molar-refractivity contribution in [2.75, 3.05) is 0 Å². The number of ether oxygens (including phenoxy) is 1. The van der Waals surface area contributed by atoms with Crippen molar-refractivity contribution < 1.29 is 30.4 Å². The molecule has 5 nitrogen and oxygen atoms in total. The summed E-state index contributed by atoms with van der Waals surface area (Å²) in [6.07, 6.45) is 5.73. The molecule has 0 aliphatic heterocycles. The Balaban J connectivity index is 0.00000579. The first-order chi connectivity index (χ1) is 38.2. The second-order valence-corrected chi connectivity index (χ2v) is 19.2. The summed E-state index contributed by atoms with van der Waals surface area (Å²) in [5.41, 5.74) is 19.0. The van der Waals surface area contributed by atoms with Gasteiger partial charge < -0.3 is 13.9 Å². The third-order valence-corrected chi connectivity index (χ3v) is 14.4. The molecule has 0 fully saturated rings. The molecule has 14 aromatic rings. The largest absolute Gasteiger partial charge is 0.510 e. The van der Waals surface area contributed by atoms with E-state index in [-0.39, 0.29) is 21.1 Å². The maximum absolute atomic E-state index is 6.70. The molecule has 3 heterocycles. The second-order valence-electron chi connectivity index (χ2n) is 19.2. The summed E-state index contributed by atoms with van der Waals surface area (Å²) >= 11 is 0. The molecule has 6 heteroatoms. The van der Waals surface area contributed by atoms with E-state index in [9.17, 15) is 0 Å². The average molecular weight is 1180 g/mol. The van der Waals surface area contributed by atoms with Crippen LogP contribution in [-0.2, 0) is 21.1 Å². The first kappa shape index (κ1) is 48.0. The van der Waals surface area contributed by atoms with Crippen LogP contribution < -0.4 is 9.30 Å². The third kappa shape index (κ3) is 9.00. The van der Waals surface area contributed by atoms with Crippen LogP contribution in [0.5, 0.6) is 11.5 Å². The van der Waals surface area contributed by atoms with Crippen LogP contribution in [0.4, 0.5) is 0 Å². The number of para-hydroxylation sites is 4.